The van der Waals surface area contributed by atoms with Gasteiger partial charge in [-0.05, 0) is 5.56 Å². The van der Waals surface area contributed by atoms with E-state index in [9.17, 15) is 19.7 Å². The number of hydrogen-bond donors (Lipinski definition) is 1. The number of Topliss-reactive ketones (excluding diaryl/α,β-unsaturated/α-hetero) is 1. The van der Waals surface area contributed by atoms with Crippen LogP contribution in [0.4, 0.5) is 5.69 Å². The van der Waals surface area contributed by atoms with Crippen molar-refractivity contribution in [1.82, 2.24) is 5.32 Å². The quantitative estimate of drug-likeness (QED) is 0.501. The van der Waals surface area contributed by atoms with E-state index >= 15 is 0 Å². The van der Waals surface area contributed by atoms with E-state index in [2.05, 4.69) is 5.32 Å². The maximum atomic E-state index is 12.7. The van der Waals surface area contributed by atoms with Crippen molar-refractivity contribution in [2.75, 3.05) is 0 Å². The van der Waals surface area contributed by atoms with E-state index < -0.39 is 16.9 Å². The SMILES string of the molecule is CC(=O)NC(c1ccc([N+](=O)[O-])cc1)C(C)C(=O)c1ccccc1. The summed E-state index contributed by atoms with van der Waals surface area (Å²) in [5.41, 5.74) is 1.16. The molecule has 6 nitrogen and oxygen atoms in total. The zero-order valence-electron chi connectivity index (χ0n) is 13.4. The molecule has 1 amide bonds. The first-order chi connectivity index (χ1) is 11.4. The number of benzene rings is 2. The Kier molecular flexibility index (Phi) is 5.42. The first kappa shape index (κ1) is 17.3. The Hall–Kier alpha value is -3.02. The molecule has 0 fully saturated rings. The lowest BCUT2D eigenvalue weighted by Gasteiger charge is -2.24. The lowest BCUT2D eigenvalue weighted by molar-refractivity contribution is -0.384. The maximum Gasteiger partial charge on any atom is 0.269 e. The van der Waals surface area contributed by atoms with E-state index in [1.54, 1.807) is 43.3 Å². The van der Waals surface area contributed by atoms with Crippen molar-refractivity contribution in [2.24, 2.45) is 5.92 Å². The second-order valence-electron chi connectivity index (χ2n) is 5.55. The van der Waals surface area contributed by atoms with Crippen molar-refractivity contribution in [3.63, 3.8) is 0 Å². The molecule has 0 aliphatic heterocycles. The van der Waals surface area contributed by atoms with E-state index in [0.29, 0.717) is 11.1 Å². The van der Waals surface area contributed by atoms with E-state index in [1.165, 1.54) is 19.1 Å². The number of ketones is 1. The monoisotopic (exact) mass is 326 g/mol. The Bertz CT molecular complexity index is 741. The van der Waals surface area contributed by atoms with Gasteiger partial charge in [-0.15, -0.1) is 0 Å². The first-order valence-corrected chi connectivity index (χ1v) is 7.51. The summed E-state index contributed by atoms with van der Waals surface area (Å²) >= 11 is 0. The fourth-order valence-electron chi connectivity index (χ4n) is 2.54. The number of non-ortho nitro benzene ring substituents is 1. The fraction of sp³-hybridized carbons (Fsp3) is 0.222. The molecule has 0 saturated heterocycles. The highest BCUT2D eigenvalue weighted by Crippen LogP contribution is 2.27. The summed E-state index contributed by atoms with van der Waals surface area (Å²) in [4.78, 5) is 34.5. The molecule has 0 aliphatic rings. The molecule has 0 heterocycles. The van der Waals surface area contributed by atoms with Crippen LogP contribution < -0.4 is 5.32 Å². The van der Waals surface area contributed by atoms with Crippen molar-refractivity contribution in [2.45, 2.75) is 19.9 Å². The van der Waals surface area contributed by atoms with Crippen LogP contribution in [0.25, 0.3) is 0 Å². The average Bonchev–Trinajstić information content (AvgIpc) is 2.59. The van der Waals surface area contributed by atoms with Crippen molar-refractivity contribution < 1.29 is 14.5 Å². The molecule has 0 radical (unpaired) electrons. The second kappa shape index (κ2) is 7.50. The molecule has 0 spiro atoms. The van der Waals surface area contributed by atoms with Crippen LogP contribution >= 0.6 is 0 Å². The van der Waals surface area contributed by atoms with Crippen molar-refractivity contribution >= 4 is 17.4 Å². The van der Waals surface area contributed by atoms with Gasteiger partial charge in [0.2, 0.25) is 5.91 Å². The van der Waals surface area contributed by atoms with Gasteiger partial charge in [-0.2, -0.15) is 0 Å². The summed E-state index contributed by atoms with van der Waals surface area (Å²) < 4.78 is 0. The molecule has 0 aromatic heterocycles. The normalized spacial score (nSPS) is 12.9. The molecule has 2 rings (SSSR count). The minimum atomic E-state index is -0.559. The lowest BCUT2D eigenvalue weighted by Crippen LogP contribution is -2.34. The van der Waals surface area contributed by atoms with Gasteiger partial charge in [-0.3, -0.25) is 19.7 Å². The Morgan fingerprint density at radius 1 is 1.04 bits per heavy atom. The molecule has 2 atom stereocenters. The topological polar surface area (TPSA) is 89.3 Å². The molecule has 0 bridgehead atoms. The van der Waals surface area contributed by atoms with Gasteiger partial charge in [-0.25, -0.2) is 0 Å². The summed E-state index contributed by atoms with van der Waals surface area (Å²) in [6.07, 6.45) is 0. The minimum absolute atomic E-state index is 0.0395. The van der Waals surface area contributed by atoms with E-state index in [1.807, 2.05) is 6.07 Å². The first-order valence-electron chi connectivity index (χ1n) is 7.51. The highest BCUT2D eigenvalue weighted by molar-refractivity contribution is 5.98. The number of carbonyl (C=O) groups excluding carboxylic acids is 2. The number of rotatable bonds is 6. The molecular formula is C18H18N2O4. The Morgan fingerprint density at radius 3 is 2.12 bits per heavy atom. The minimum Gasteiger partial charge on any atom is -0.349 e. The number of nitrogens with one attached hydrogen (secondary N) is 1. The van der Waals surface area contributed by atoms with Gasteiger partial charge in [-0.1, -0.05) is 49.4 Å². The number of nitro benzene ring substituents is 1. The summed E-state index contributed by atoms with van der Waals surface area (Å²) in [7, 11) is 0. The fourth-order valence-corrected chi connectivity index (χ4v) is 2.54. The van der Waals surface area contributed by atoms with Crippen LogP contribution in [0.5, 0.6) is 0 Å². The van der Waals surface area contributed by atoms with Gasteiger partial charge in [0.05, 0.1) is 11.0 Å². The Balaban J connectivity index is 2.32. The molecule has 24 heavy (non-hydrogen) atoms. The molecule has 0 aliphatic carbocycles. The summed E-state index contributed by atoms with van der Waals surface area (Å²) in [6, 6.07) is 14.1. The average molecular weight is 326 g/mol. The third-order valence-corrected chi connectivity index (χ3v) is 3.79. The van der Waals surface area contributed by atoms with Gasteiger partial charge in [0.25, 0.3) is 5.69 Å². The highest BCUT2D eigenvalue weighted by atomic mass is 16.6. The summed E-state index contributed by atoms with van der Waals surface area (Å²) in [5, 5.41) is 13.5. The van der Waals surface area contributed by atoms with Crippen LogP contribution in [0.1, 0.15) is 35.8 Å². The van der Waals surface area contributed by atoms with Crippen molar-refractivity contribution in [3.05, 3.63) is 75.8 Å². The summed E-state index contributed by atoms with van der Waals surface area (Å²) in [5.74, 6) is -0.892. The summed E-state index contributed by atoms with van der Waals surface area (Å²) in [6.45, 7) is 3.11. The number of nitro groups is 1. The van der Waals surface area contributed by atoms with Crippen LogP contribution in [-0.2, 0) is 4.79 Å². The van der Waals surface area contributed by atoms with Gasteiger partial charge >= 0.3 is 0 Å². The molecule has 0 saturated carbocycles. The largest absolute Gasteiger partial charge is 0.349 e. The van der Waals surface area contributed by atoms with Crippen LogP contribution in [0.2, 0.25) is 0 Å². The molecule has 2 aromatic carbocycles. The molecule has 2 unspecified atom stereocenters. The molecule has 124 valence electrons. The van der Waals surface area contributed by atoms with Crippen molar-refractivity contribution in [3.8, 4) is 0 Å². The van der Waals surface area contributed by atoms with Crippen LogP contribution in [-0.4, -0.2) is 16.6 Å². The third kappa shape index (κ3) is 4.04. The molecule has 2 aromatic rings. The molecular weight excluding hydrogens is 308 g/mol. The van der Waals surface area contributed by atoms with Crippen LogP contribution in [0, 0.1) is 16.0 Å². The van der Waals surface area contributed by atoms with Gasteiger partial charge in [0.1, 0.15) is 0 Å². The molecule has 6 heteroatoms. The highest BCUT2D eigenvalue weighted by Gasteiger charge is 2.27. The number of nitrogens with zero attached hydrogens (tertiary/aromatic N) is 1. The van der Waals surface area contributed by atoms with Gasteiger partial charge in [0.15, 0.2) is 5.78 Å². The van der Waals surface area contributed by atoms with E-state index in [0.717, 1.165) is 0 Å². The maximum absolute atomic E-state index is 12.7. The number of carbonyl (C=O) groups is 2. The van der Waals surface area contributed by atoms with Crippen molar-refractivity contribution in [1.29, 1.82) is 0 Å². The van der Waals surface area contributed by atoms with Crippen LogP contribution in [0.15, 0.2) is 54.6 Å². The zero-order chi connectivity index (χ0) is 17.7. The Labute approximate surface area is 139 Å². The van der Waals surface area contributed by atoms with E-state index in [4.69, 9.17) is 0 Å². The lowest BCUT2D eigenvalue weighted by atomic mass is 9.88. The third-order valence-electron chi connectivity index (χ3n) is 3.79. The zero-order valence-corrected chi connectivity index (χ0v) is 13.4. The predicted molar refractivity (Wildman–Crippen MR) is 89.6 cm³/mol. The van der Waals surface area contributed by atoms with E-state index in [-0.39, 0.29) is 17.4 Å². The second-order valence-corrected chi connectivity index (χ2v) is 5.55. The molecule has 1 N–H and O–H groups in total. The van der Waals surface area contributed by atoms with Crippen LogP contribution in [0.3, 0.4) is 0 Å². The standard InChI is InChI=1S/C18H18N2O4/c1-12(18(22)15-6-4-3-5-7-15)17(19-13(2)21)14-8-10-16(11-9-14)20(23)24/h3-12,17H,1-2H3,(H,19,21). The predicted octanol–water partition coefficient (Wildman–Crippen LogP) is 3.29. The number of hydrogen-bond acceptors (Lipinski definition) is 4. The Morgan fingerprint density at radius 2 is 1.62 bits per heavy atom. The van der Waals surface area contributed by atoms with Gasteiger partial charge in [0, 0.05) is 30.5 Å². The number of amides is 1. The smallest absolute Gasteiger partial charge is 0.269 e. The van der Waals surface area contributed by atoms with Gasteiger partial charge < -0.3 is 5.32 Å².